The fraction of sp³-hybridized carbons (Fsp3) is 0.500. The van der Waals surface area contributed by atoms with Crippen LogP contribution in [0, 0.1) is 11.8 Å². The molecule has 0 N–H and O–H groups in total. The lowest BCUT2D eigenvalue weighted by atomic mass is 9.90. The van der Waals surface area contributed by atoms with Crippen LogP contribution in [0.25, 0.3) is 10.1 Å². The lowest BCUT2D eigenvalue weighted by Gasteiger charge is -2.15. The second-order valence-corrected chi connectivity index (χ2v) is 6.30. The third kappa shape index (κ3) is 3.32. The summed E-state index contributed by atoms with van der Waals surface area (Å²) in [5, 5.41) is 3.56. The van der Waals surface area contributed by atoms with Crippen molar-refractivity contribution in [3.05, 3.63) is 35.2 Å². The van der Waals surface area contributed by atoms with E-state index in [2.05, 4.69) is 50.4 Å². The molecular formula is C16H22S. The molecular weight excluding hydrogens is 224 g/mol. The summed E-state index contributed by atoms with van der Waals surface area (Å²) < 4.78 is 1.43. The molecule has 0 spiro atoms. The van der Waals surface area contributed by atoms with Crippen LogP contribution >= 0.6 is 11.3 Å². The van der Waals surface area contributed by atoms with Crippen molar-refractivity contribution in [2.45, 2.75) is 40.0 Å². The van der Waals surface area contributed by atoms with Gasteiger partial charge >= 0.3 is 0 Å². The van der Waals surface area contributed by atoms with E-state index in [0.717, 1.165) is 11.8 Å². The summed E-state index contributed by atoms with van der Waals surface area (Å²) in [5.74, 6) is 1.65. The standard InChI is InChI=1S/C16H22S/c1-4-12(2)9-13(3)10-14-5-6-15-7-8-17-16(15)11-14/h5-8,11-13H,4,9-10H2,1-3H3. The Hall–Kier alpha value is -0.820. The number of rotatable bonds is 5. The van der Waals surface area contributed by atoms with Gasteiger partial charge in [0.1, 0.15) is 0 Å². The van der Waals surface area contributed by atoms with Crippen molar-refractivity contribution in [2.24, 2.45) is 11.8 Å². The summed E-state index contributed by atoms with van der Waals surface area (Å²) in [4.78, 5) is 0. The smallest absolute Gasteiger partial charge is 0.0345 e. The second kappa shape index (κ2) is 5.68. The Morgan fingerprint density at radius 2 is 1.94 bits per heavy atom. The molecule has 92 valence electrons. The number of hydrogen-bond acceptors (Lipinski definition) is 1. The molecule has 0 saturated heterocycles. The molecule has 1 aromatic carbocycles. The van der Waals surface area contributed by atoms with E-state index in [1.807, 2.05) is 11.3 Å². The number of fused-ring (bicyclic) bond motifs is 1. The monoisotopic (exact) mass is 246 g/mol. The maximum absolute atomic E-state index is 2.38. The SMILES string of the molecule is CCC(C)CC(C)Cc1ccc2ccsc2c1. The van der Waals surface area contributed by atoms with Crippen LogP contribution in [0.1, 0.15) is 39.2 Å². The third-order valence-electron chi connectivity index (χ3n) is 3.61. The van der Waals surface area contributed by atoms with E-state index in [1.54, 1.807) is 0 Å². The van der Waals surface area contributed by atoms with Crippen molar-refractivity contribution in [2.75, 3.05) is 0 Å². The van der Waals surface area contributed by atoms with Gasteiger partial charge in [0, 0.05) is 4.70 Å². The Kier molecular flexibility index (Phi) is 4.22. The summed E-state index contributed by atoms with van der Waals surface area (Å²) in [5.41, 5.74) is 1.50. The molecule has 0 nitrogen and oxygen atoms in total. The predicted octanol–water partition coefficient (Wildman–Crippen LogP) is 5.52. The van der Waals surface area contributed by atoms with Crippen molar-refractivity contribution < 1.29 is 0 Å². The van der Waals surface area contributed by atoms with E-state index in [4.69, 9.17) is 0 Å². The molecule has 1 aromatic heterocycles. The van der Waals surface area contributed by atoms with Crippen molar-refractivity contribution >= 4 is 21.4 Å². The van der Waals surface area contributed by atoms with Gasteiger partial charge < -0.3 is 0 Å². The van der Waals surface area contributed by atoms with Gasteiger partial charge in [-0.2, -0.15) is 0 Å². The fourth-order valence-electron chi connectivity index (χ4n) is 2.47. The van der Waals surface area contributed by atoms with Crippen molar-refractivity contribution in [3.63, 3.8) is 0 Å². The molecule has 2 unspecified atom stereocenters. The van der Waals surface area contributed by atoms with E-state index in [1.165, 1.54) is 34.9 Å². The van der Waals surface area contributed by atoms with Crippen LogP contribution in [0.4, 0.5) is 0 Å². The summed E-state index contributed by atoms with van der Waals surface area (Å²) in [7, 11) is 0. The fourth-order valence-corrected chi connectivity index (χ4v) is 3.32. The van der Waals surface area contributed by atoms with Crippen LogP contribution in [0.3, 0.4) is 0 Å². The highest BCUT2D eigenvalue weighted by molar-refractivity contribution is 7.17. The molecule has 0 aliphatic heterocycles. The molecule has 1 heterocycles. The van der Waals surface area contributed by atoms with Crippen LogP contribution in [0.2, 0.25) is 0 Å². The van der Waals surface area contributed by atoms with Gasteiger partial charge in [0.05, 0.1) is 0 Å². The third-order valence-corrected chi connectivity index (χ3v) is 4.49. The molecule has 0 aliphatic rings. The van der Waals surface area contributed by atoms with Gasteiger partial charge in [-0.3, -0.25) is 0 Å². The van der Waals surface area contributed by atoms with Crippen LogP contribution < -0.4 is 0 Å². The molecule has 0 aliphatic carbocycles. The van der Waals surface area contributed by atoms with Crippen LogP contribution in [0.15, 0.2) is 29.6 Å². The Morgan fingerprint density at radius 3 is 2.71 bits per heavy atom. The van der Waals surface area contributed by atoms with Crippen molar-refractivity contribution in [1.29, 1.82) is 0 Å². The van der Waals surface area contributed by atoms with Crippen LogP contribution in [0.5, 0.6) is 0 Å². The molecule has 0 amide bonds. The Bertz CT molecular complexity index is 469. The van der Waals surface area contributed by atoms with E-state index in [-0.39, 0.29) is 0 Å². The highest BCUT2D eigenvalue weighted by Crippen LogP contribution is 2.25. The zero-order valence-corrected chi connectivity index (χ0v) is 11.9. The molecule has 2 aromatic rings. The van der Waals surface area contributed by atoms with Gasteiger partial charge in [0.25, 0.3) is 0 Å². The molecule has 1 heteroatoms. The first-order valence-corrected chi connectivity index (χ1v) is 7.53. The molecule has 2 atom stereocenters. The minimum Gasteiger partial charge on any atom is -0.144 e. The van der Waals surface area contributed by atoms with E-state index in [0.29, 0.717) is 0 Å². The van der Waals surface area contributed by atoms with Gasteiger partial charge in [0.15, 0.2) is 0 Å². The molecule has 17 heavy (non-hydrogen) atoms. The van der Waals surface area contributed by atoms with E-state index >= 15 is 0 Å². The minimum absolute atomic E-state index is 0.794. The quantitative estimate of drug-likeness (QED) is 0.652. The molecule has 0 saturated carbocycles. The summed E-state index contributed by atoms with van der Waals surface area (Å²) in [6.45, 7) is 7.03. The van der Waals surface area contributed by atoms with E-state index < -0.39 is 0 Å². The van der Waals surface area contributed by atoms with Gasteiger partial charge in [0.2, 0.25) is 0 Å². The average Bonchev–Trinajstić information content (AvgIpc) is 2.75. The van der Waals surface area contributed by atoms with Gasteiger partial charge in [-0.25, -0.2) is 0 Å². The lowest BCUT2D eigenvalue weighted by molar-refractivity contribution is 0.404. The highest BCUT2D eigenvalue weighted by Gasteiger charge is 2.08. The van der Waals surface area contributed by atoms with Crippen molar-refractivity contribution in [3.8, 4) is 0 Å². The largest absolute Gasteiger partial charge is 0.144 e. The molecule has 2 rings (SSSR count). The maximum atomic E-state index is 2.38. The molecule has 0 bridgehead atoms. The molecule has 0 radical (unpaired) electrons. The normalized spacial score (nSPS) is 15.0. The van der Waals surface area contributed by atoms with E-state index in [9.17, 15) is 0 Å². The molecule has 0 fully saturated rings. The van der Waals surface area contributed by atoms with Gasteiger partial charge in [-0.15, -0.1) is 11.3 Å². The summed E-state index contributed by atoms with van der Waals surface area (Å²) >= 11 is 1.85. The zero-order chi connectivity index (χ0) is 12.3. The minimum atomic E-state index is 0.794. The van der Waals surface area contributed by atoms with Crippen LogP contribution in [-0.4, -0.2) is 0 Å². The highest BCUT2D eigenvalue weighted by atomic mass is 32.1. The first kappa shape index (κ1) is 12.6. The average molecular weight is 246 g/mol. The summed E-state index contributed by atoms with van der Waals surface area (Å²) in [6.07, 6.45) is 3.87. The summed E-state index contributed by atoms with van der Waals surface area (Å²) in [6, 6.07) is 9.12. The first-order chi connectivity index (χ1) is 8.19. The topological polar surface area (TPSA) is 0 Å². The van der Waals surface area contributed by atoms with Crippen molar-refractivity contribution in [1.82, 2.24) is 0 Å². The Balaban J connectivity index is 2.02. The zero-order valence-electron chi connectivity index (χ0n) is 11.1. The Morgan fingerprint density at radius 1 is 1.12 bits per heavy atom. The van der Waals surface area contributed by atoms with Gasteiger partial charge in [-0.1, -0.05) is 39.3 Å². The number of benzene rings is 1. The van der Waals surface area contributed by atoms with Gasteiger partial charge in [-0.05, 0) is 53.1 Å². The first-order valence-electron chi connectivity index (χ1n) is 6.65. The van der Waals surface area contributed by atoms with Crippen LogP contribution in [-0.2, 0) is 6.42 Å². The second-order valence-electron chi connectivity index (χ2n) is 5.35. The maximum Gasteiger partial charge on any atom is 0.0345 e. The predicted molar refractivity (Wildman–Crippen MR) is 78.8 cm³/mol. The Labute approximate surface area is 109 Å². The number of hydrogen-bond donors (Lipinski definition) is 0. The number of thiophene rings is 1. The lowest BCUT2D eigenvalue weighted by Crippen LogP contribution is -2.05.